The lowest BCUT2D eigenvalue weighted by atomic mass is 10.2. The van der Waals surface area contributed by atoms with Gasteiger partial charge < -0.3 is 15.4 Å². The summed E-state index contributed by atoms with van der Waals surface area (Å²) in [5, 5.41) is 5.78. The zero-order chi connectivity index (χ0) is 20.7. The Morgan fingerprint density at radius 3 is 2.46 bits per heavy atom. The molecular weight excluding hydrogens is 422 g/mol. The zero-order valence-corrected chi connectivity index (χ0v) is 18.2. The number of nitrogens with zero attached hydrogens (tertiary/aromatic N) is 1. The smallest absolute Gasteiger partial charge is 0.238 e. The maximum Gasteiger partial charge on any atom is 0.238 e. The standard InChI is InChI=1S/C21H26BrN3O3/c1-14-11-17(22)7-10-19(14)24-20(26)13-25(3)15(2)21(27)23-12-16-5-8-18(28-4)9-6-16/h5-11,15H,12-13H2,1-4H3,(H,23,27)(H,24,26). The highest BCUT2D eigenvalue weighted by molar-refractivity contribution is 9.10. The first-order chi connectivity index (χ1) is 13.3. The van der Waals surface area contributed by atoms with E-state index in [4.69, 9.17) is 4.74 Å². The van der Waals surface area contributed by atoms with Crippen LogP contribution in [0.4, 0.5) is 5.69 Å². The number of methoxy groups -OCH3 is 1. The maximum atomic E-state index is 12.4. The lowest BCUT2D eigenvalue weighted by Gasteiger charge is -2.23. The number of carbonyl (C=O) groups is 2. The molecule has 0 aliphatic rings. The van der Waals surface area contributed by atoms with E-state index in [0.717, 1.165) is 27.0 Å². The number of hydrogen-bond acceptors (Lipinski definition) is 4. The lowest BCUT2D eigenvalue weighted by Crippen LogP contribution is -2.45. The van der Waals surface area contributed by atoms with Gasteiger partial charge in [-0.3, -0.25) is 14.5 Å². The molecule has 0 saturated carbocycles. The number of rotatable bonds is 8. The minimum Gasteiger partial charge on any atom is -0.497 e. The lowest BCUT2D eigenvalue weighted by molar-refractivity contribution is -0.126. The molecule has 2 aromatic carbocycles. The van der Waals surface area contributed by atoms with Crippen LogP contribution in [-0.2, 0) is 16.1 Å². The van der Waals surface area contributed by atoms with Crippen molar-refractivity contribution in [3.8, 4) is 5.75 Å². The molecule has 0 aromatic heterocycles. The molecule has 0 heterocycles. The van der Waals surface area contributed by atoms with E-state index in [9.17, 15) is 9.59 Å². The maximum absolute atomic E-state index is 12.4. The number of carbonyl (C=O) groups excluding carboxylic acids is 2. The van der Waals surface area contributed by atoms with Crippen LogP contribution in [-0.4, -0.2) is 43.5 Å². The van der Waals surface area contributed by atoms with Gasteiger partial charge in [-0.05, 0) is 62.4 Å². The number of hydrogen-bond donors (Lipinski definition) is 2. The number of benzene rings is 2. The number of likely N-dealkylation sites (N-methyl/N-ethyl adjacent to an activating group) is 1. The molecule has 2 N–H and O–H groups in total. The Morgan fingerprint density at radius 2 is 1.86 bits per heavy atom. The second-order valence-corrected chi connectivity index (χ2v) is 7.58. The fourth-order valence-electron chi connectivity index (χ4n) is 2.60. The molecule has 0 aliphatic heterocycles. The van der Waals surface area contributed by atoms with Gasteiger partial charge in [0.25, 0.3) is 0 Å². The van der Waals surface area contributed by atoms with E-state index in [1.54, 1.807) is 26.0 Å². The fraction of sp³-hybridized carbons (Fsp3) is 0.333. The van der Waals surface area contributed by atoms with Gasteiger partial charge in [0.1, 0.15) is 5.75 Å². The van der Waals surface area contributed by atoms with Gasteiger partial charge >= 0.3 is 0 Å². The molecule has 6 nitrogen and oxygen atoms in total. The van der Waals surface area contributed by atoms with Crippen LogP contribution in [0.15, 0.2) is 46.9 Å². The summed E-state index contributed by atoms with van der Waals surface area (Å²) in [6.07, 6.45) is 0. The molecule has 28 heavy (non-hydrogen) atoms. The van der Waals surface area contributed by atoms with Gasteiger partial charge in [-0.25, -0.2) is 0 Å². The second kappa shape index (κ2) is 10.2. The van der Waals surface area contributed by atoms with Gasteiger partial charge in [-0.1, -0.05) is 28.1 Å². The van der Waals surface area contributed by atoms with Crippen LogP contribution in [0, 0.1) is 6.92 Å². The third kappa shape index (κ3) is 6.35. The van der Waals surface area contributed by atoms with Crippen molar-refractivity contribution in [1.29, 1.82) is 0 Å². The first kappa shape index (κ1) is 21.9. The highest BCUT2D eigenvalue weighted by atomic mass is 79.9. The molecular formula is C21H26BrN3O3. The van der Waals surface area contributed by atoms with Gasteiger partial charge in [-0.2, -0.15) is 0 Å². The van der Waals surface area contributed by atoms with Crippen LogP contribution in [0.25, 0.3) is 0 Å². The van der Waals surface area contributed by atoms with Gasteiger partial charge in [0.15, 0.2) is 0 Å². The second-order valence-electron chi connectivity index (χ2n) is 6.66. The van der Waals surface area contributed by atoms with Crippen molar-refractivity contribution < 1.29 is 14.3 Å². The molecule has 0 aliphatic carbocycles. The number of halogens is 1. The average molecular weight is 448 g/mol. The summed E-state index contributed by atoms with van der Waals surface area (Å²) in [5.41, 5.74) is 2.71. The SMILES string of the molecule is COc1ccc(CNC(=O)C(C)N(C)CC(=O)Nc2ccc(Br)cc2C)cc1. The van der Waals surface area contributed by atoms with Crippen LogP contribution < -0.4 is 15.4 Å². The summed E-state index contributed by atoms with van der Waals surface area (Å²) in [5.74, 6) is 0.476. The Labute approximate surface area is 174 Å². The van der Waals surface area contributed by atoms with Crippen LogP contribution in [0.2, 0.25) is 0 Å². The third-order valence-corrected chi connectivity index (χ3v) is 5.02. The largest absolute Gasteiger partial charge is 0.497 e. The first-order valence-electron chi connectivity index (χ1n) is 8.97. The van der Waals surface area contributed by atoms with E-state index in [1.165, 1.54) is 0 Å². The van der Waals surface area contributed by atoms with Gasteiger partial charge in [0.05, 0.1) is 19.7 Å². The molecule has 2 rings (SSSR count). The fourth-order valence-corrected chi connectivity index (χ4v) is 3.08. The Bertz CT molecular complexity index is 824. The van der Waals surface area contributed by atoms with E-state index < -0.39 is 6.04 Å². The van der Waals surface area contributed by atoms with Crippen molar-refractivity contribution in [3.05, 3.63) is 58.1 Å². The van der Waals surface area contributed by atoms with Crippen LogP contribution in [0.5, 0.6) is 5.75 Å². The van der Waals surface area contributed by atoms with E-state index in [2.05, 4.69) is 26.6 Å². The Balaban J connectivity index is 1.83. The summed E-state index contributed by atoms with van der Waals surface area (Å²) >= 11 is 3.40. The number of ether oxygens (including phenoxy) is 1. The van der Waals surface area contributed by atoms with Crippen molar-refractivity contribution in [2.75, 3.05) is 26.0 Å². The Kier molecular flexibility index (Phi) is 8.02. The zero-order valence-electron chi connectivity index (χ0n) is 16.6. The van der Waals surface area contributed by atoms with Crippen LogP contribution >= 0.6 is 15.9 Å². The number of amides is 2. The van der Waals surface area contributed by atoms with Crippen molar-refractivity contribution in [1.82, 2.24) is 10.2 Å². The average Bonchev–Trinajstić information content (AvgIpc) is 2.68. The van der Waals surface area contributed by atoms with Crippen molar-refractivity contribution in [2.45, 2.75) is 26.4 Å². The molecule has 1 unspecified atom stereocenters. The van der Waals surface area contributed by atoms with Crippen LogP contribution in [0.3, 0.4) is 0 Å². The van der Waals surface area contributed by atoms with Crippen molar-refractivity contribution in [3.63, 3.8) is 0 Å². The molecule has 0 bridgehead atoms. The van der Waals surface area contributed by atoms with E-state index in [0.29, 0.717) is 6.54 Å². The van der Waals surface area contributed by atoms with Crippen molar-refractivity contribution >= 4 is 33.4 Å². The monoisotopic (exact) mass is 447 g/mol. The highest BCUT2D eigenvalue weighted by Gasteiger charge is 2.20. The normalized spacial score (nSPS) is 11.8. The topological polar surface area (TPSA) is 70.7 Å². The predicted molar refractivity (Wildman–Crippen MR) is 114 cm³/mol. The molecule has 0 radical (unpaired) electrons. The first-order valence-corrected chi connectivity index (χ1v) is 9.76. The summed E-state index contributed by atoms with van der Waals surface area (Å²) in [6.45, 7) is 4.25. The molecule has 2 aromatic rings. The molecule has 7 heteroatoms. The summed E-state index contributed by atoms with van der Waals surface area (Å²) in [4.78, 5) is 26.4. The molecule has 0 saturated heterocycles. The van der Waals surface area contributed by atoms with Crippen LogP contribution in [0.1, 0.15) is 18.1 Å². The quantitative estimate of drug-likeness (QED) is 0.650. The van der Waals surface area contributed by atoms with Gasteiger partial charge in [-0.15, -0.1) is 0 Å². The third-order valence-electron chi connectivity index (χ3n) is 4.52. The van der Waals surface area contributed by atoms with Gasteiger partial charge in [0, 0.05) is 16.7 Å². The minimum atomic E-state index is -0.435. The summed E-state index contributed by atoms with van der Waals surface area (Å²) in [6, 6.07) is 12.7. The van der Waals surface area contributed by atoms with E-state index in [1.807, 2.05) is 49.4 Å². The molecule has 150 valence electrons. The predicted octanol–water partition coefficient (Wildman–Crippen LogP) is 3.34. The molecule has 2 amide bonds. The van der Waals surface area contributed by atoms with Crippen molar-refractivity contribution in [2.24, 2.45) is 0 Å². The number of nitrogens with one attached hydrogen (secondary N) is 2. The number of anilines is 1. The van der Waals surface area contributed by atoms with Gasteiger partial charge in [0.2, 0.25) is 11.8 Å². The Hall–Kier alpha value is -2.38. The summed E-state index contributed by atoms with van der Waals surface area (Å²) in [7, 11) is 3.37. The Morgan fingerprint density at radius 1 is 1.18 bits per heavy atom. The molecule has 0 fully saturated rings. The van der Waals surface area contributed by atoms with E-state index >= 15 is 0 Å². The summed E-state index contributed by atoms with van der Waals surface area (Å²) < 4.78 is 6.08. The molecule has 1 atom stereocenters. The number of aryl methyl sites for hydroxylation is 1. The van der Waals surface area contributed by atoms with E-state index in [-0.39, 0.29) is 18.4 Å². The molecule has 0 spiro atoms. The minimum absolute atomic E-state index is 0.118. The highest BCUT2D eigenvalue weighted by Crippen LogP contribution is 2.20.